The van der Waals surface area contributed by atoms with E-state index in [1.54, 1.807) is 20.8 Å². The minimum absolute atomic E-state index is 0. The van der Waals surface area contributed by atoms with Crippen LogP contribution in [0.4, 0.5) is 0 Å². The minimum Gasteiger partial charge on any atom is -0.424 e. The van der Waals surface area contributed by atoms with Crippen molar-refractivity contribution in [3.8, 4) is 0 Å². The van der Waals surface area contributed by atoms with Crippen LogP contribution in [0.15, 0.2) is 0 Å². The van der Waals surface area contributed by atoms with Crippen LogP contribution >= 0.6 is 0 Å². The second-order valence-electron chi connectivity index (χ2n) is 1.78. The standard InChI is InChI=1S/3C2H5O2S.Al/c3*1-2-5(3)4;/h3*2H2,1H3;/q3*-1;+3. The maximum atomic E-state index is 9.37. The van der Waals surface area contributed by atoms with Crippen molar-refractivity contribution in [2.24, 2.45) is 0 Å². The molecule has 16 heavy (non-hydrogen) atoms. The molecule has 0 aromatic carbocycles. The van der Waals surface area contributed by atoms with Gasteiger partial charge in [0.1, 0.15) is 0 Å². The molecule has 0 bridgehead atoms. The molecule has 0 fully saturated rings. The maximum Gasteiger partial charge on any atom is 3.00 e. The van der Waals surface area contributed by atoms with Crippen LogP contribution in [-0.4, -0.2) is 34.6 Å². The van der Waals surface area contributed by atoms with Gasteiger partial charge in [0.25, 0.3) is 0 Å². The molecule has 0 aliphatic heterocycles. The number of hydrogen-bond acceptors (Lipinski definition) is 9. The first-order valence-electron chi connectivity index (χ1n) is 3.99. The van der Waals surface area contributed by atoms with Gasteiger partial charge < -0.3 is 25.3 Å². The monoisotopic (exact) mass is 306 g/mol. The molecule has 0 aromatic heterocycles. The van der Waals surface area contributed by atoms with Crippen molar-refractivity contribution in [2.45, 2.75) is 20.8 Å². The molecule has 0 aliphatic carbocycles. The van der Waals surface area contributed by atoms with E-state index in [0.717, 1.165) is 0 Å². The molecule has 0 spiro atoms. The van der Waals surface area contributed by atoms with Gasteiger partial charge in [-0.2, -0.15) is 0 Å². The Labute approximate surface area is 112 Å². The van der Waals surface area contributed by atoms with Crippen LogP contribution in [-0.2, 0) is 57.4 Å². The van der Waals surface area contributed by atoms with E-state index < -0.39 is 32.1 Å². The van der Waals surface area contributed by atoms with Crippen LogP contribution in [0.5, 0.6) is 0 Å². The topological polar surface area (TPSA) is 102 Å². The molecule has 10 heteroatoms. The number of hydrogen-bond donors (Lipinski definition) is 0. The predicted octanol–water partition coefficient (Wildman–Crippen LogP) is 0.566. The molecule has 0 saturated carbocycles. The molecule has 0 amide bonds. The Kier molecular flexibility index (Phi) is 32.8. The molecule has 0 heterocycles. The average Bonchev–Trinajstić information content (AvgIpc) is 2.19. The fourth-order valence-corrected chi connectivity index (χ4v) is 0. The third-order valence-corrected chi connectivity index (χ3v) is 2.12. The first-order valence-corrected chi connectivity index (χ1v) is 7.72. The zero-order valence-corrected chi connectivity index (χ0v) is 13.0. The zero-order valence-electron chi connectivity index (χ0n) is 9.37. The Morgan fingerprint density at radius 2 is 0.625 bits per heavy atom. The van der Waals surface area contributed by atoms with E-state index in [4.69, 9.17) is 0 Å². The minimum atomic E-state index is -1.82. The third kappa shape index (κ3) is 63.2. The fraction of sp³-hybridized carbons (Fsp3) is 1.00. The average molecular weight is 306 g/mol. The molecule has 0 N–H and O–H groups in total. The largest absolute Gasteiger partial charge is 3.00 e. The van der Waals surface area contributed by atoms with E-state index in [9.17, 15) is 25.3 Å². The van der Waals surface area contributed by atoms with Gasteiger partial charge in [-0.05, 0) is 0 Å². The Bertz CT molecular complexity index is 255. The van der Waals surface area contributed by atoms with Crippen molar-refractivity contribution in [1.82, 2.24) is 0 Å². The van der Waals surface area contributed by atoms with Crippen molar-refractivity contribution < 1.29 is 25.3 Å². The zero-order chi connectivity index (χ0) is 12.9. The molecule has 0 unspecified atom stereocenters. The van der Waals surface area contributed by atoms with Crippen LogP contribution in [0.1, 0.15) is 20.8 Å². The van der Waals surface area contributed by atoms with E-state index in [0.29, 0.717) is 0 Å². The smallest absolute Gasteiger partial charge is 0.424 e. The van der Waals surface area contributed by atoms with E-state index >= 15 is 0 Å². The van der Waals surface area contributed by atoms with Gasteiger partial charge in [0, 0.05) is 0 Å². The summed E-state index contributed by atoms with van der Waals surface area (Å²) in [4.78, 5) is 0. The Hall–Kier alpha value is 0.382. The van der Waals surface area contributed by atoms with Crippen molar-refractivity contribution in [2.75, 3.05) is 17.3 Å². The molecule has 6 nitrogen and oxygen atoms in total. The normalized spacial score (nSPS) is 8.62. The molecule has 0 saturated heterocycles. The van der Waals surface area contributed by atoms with Gasteiger partial charge in [-0.1, -0.05) is 70.1 Å². The van der Waals surface area contributed by atoms with Gasteiger partial charge in [0.05, 0.1) is 0 Å². The second-order valence-corrected chi connectivity index (χ2v) is 5.33. The Morgan fingerprint density at radius 3 is 0.625 bits per heavy atom. The summed E-state index contributed by atoms with van der Waals surface area (Å²) in [6.07, 6.45) is 0. The molecule has 0 atom stereocenters. The Balaban J connectivity index is -0.0000000655. The van der Waals surface area contributed by atoms with Crippen molar-refractivity contribution in [3.63, 3.8) is 0 Å². The van der Waals surface area contributed by atoms with Gasteiger partial charge >= 0.3 is 17.4 Å². The summed E-state index contributed by atoms with van der Waals surface area (Å²) < 4.78 is 56.2. The predicted molar refractivity (Wildman–Crippen MR) is 63.6 cm³/mol. The quantitative estimate of drug-likeness (QED) is 0.558. The van der Waals surface area contributed by atoms with Gasteiger partial charge in [-0.15, -0.1) is 0 Å². The second kappa shape index (κ2) is 20.8. The van der Waals surface area contributed by atoms with Crippen LogP contribution in [0.25, 0.3) is 0 Å². The molecule has 0 rings (SSSR count). The maximum absolute atomic E-state index is 9.37. The summed E-state index contributed by atoms with van der Waals surface area (Å²) in [5.74, 6) is 0.667. The SMILES string of the molecule is CC[S-](=O)=O.CC[S-](=O)=O.CC[S-](=O)=O.[Al+3]. The van der Waals surface area contributed by atoms with Gasteiger partial charge in [-0.25, -0.2) is 0 Å². The van der Waals surface area contributed by atoms with Crippen LogP contribution in [0, 0.1) is 0 Å². The van der Waals surface area contributed by atoms with Gasteiger partial charge in [0.15, 0.2) is 0 Å². The first kappa shape index (κ1) is 25.3. The fourth-order valence-electron chi connectivity index (χ4n) is 0. The summed E-state index contributed by atoms with van der Waals surface area (Å²) >= 11 is 0. The summed E-state index contributed by atoms with van der Waals surface area (Å²) in [5.41, 5.74) is 0. The van der Waals surface area contributed by atoms with Crippen molar-refractivity contribution >= 4 is 49.5 Å². The summed E-state index contributed by atoms with van der Waals surface area (Å²) in [6, 6.07) is 0. The summed E-state index contributed by atoms with van der Waals surface area (Å²) in [7, 11) is -5.47. The van der Waals surface area contributed by atoms with E-state index in [2.05, 4.69) is 0 Å². The molecular weight excluding hydrogens is 291 g/mol. The van der Waals surface area contributed by atoms with Crippen molar-refractivity contribution in [3.05, 3.63) is 0 Å². The van der Waals surface area contributed by atoms with Gasteiger partial charge in [-0.3, -0.25) is 0 Å². The molecule has 0 aliphatic rings. The van der Waals surface area contributed by atoms with E-state index in [1.165, 1.54) is 0 Å². The van der Waals surface area contributed by atoms with Crippen LogP contribution < -0.4 is 0 Å². The molecule has 96 valence electrons. The summed E-state index contributed by atoms with van der Waals surface area (Å²) in [5, 5.41) is 0. The third-order valence-electron chi connectivity index (χ3n) is 0.707. The Morgan fingerprint density at radius 1 is 0.562 bits per heavy atom. The molecular formula is C6H15AlO6S3. The van der Waals surface area contributed by atoms with Crippen molar-refractivity contribution in [1.29, 1.82) is 0 Å². The van der Waals surface area contributed by atoms with Gasteiger partial charge in [0.2, 0.25) is 0 Å². The van der Waals surface area contributed by atoms with Crippen LogP contribution in [0.2, 0.25) is 0 Å². The molecule has 0 aromatic rings. The first-order chi connectivity index (χ1) is 6.81. The van der Waals surface area contributed by atoms with E-state index in [1.807, 2.05) is 0 Å². The van der Waals surface area contributed by atoms with Crippen LogP contribution in [0.3, 0.4) is 0 Å². The molecule has 0 radical (unpaired) electrons. The summed E-state index contributed by atoms with van der Waals surface area (Å²) in [6.45, 7) is 4.76. The van der Waals surface area contributed by atoms with E-state index in [-0.39, 0.29) is 34.6 Å². The number of rotatable bonds is 3.